The standard InChI is InChI=1S/C31H27N9/c32-29-23(3-1-13-34-29)30-37-27-10-11-28(39-16-2-14-35-39)38-31(27)40(30)21-6-7-22-20(17-21)5-9-25(22)36-26-8-4-19-12-15-33-18-24(19)26/h1-3,6-7,10-18,25-26,36H,4-5,8-9H2,(H2,32,34)/t25-,26?/m0/s1. The van der Waals surface area contributed by atoms with Gasteiger partial charge in [0, 0.05) is 48.8 Å². The molecule has 6 aromatic rings. The van der Waals surface area contributed by atoms with Crippen LogP contribution in [0.2, 0.25) is 0 Å². The first kappa shape index (κ1) is 23.0. The molecule has 0 amide bonds. The number of benzene rings is 1. The topological polar surface area (TPSA) is 112 Å². The van der Waals surface area contributed by atoms with E-state index in [1.165, 1.54) is 22.3 Å². The highest BCUT2D eigenvalue weighted by Gasteiger charge is 2.30. The van der Waals surface area contributed by atoms with E-state index in [2.05, 4.69) is 49.2 Å². The number of nitrogen functional groups attached to an aromatic ring is 1. The number of hydrogen-bond acceptors (Lipinski definition) is 7. The second-order valence-corrected chi connectivity index (χ2v) is 10.5. The van der Waals surface area contributed by atoms with Crippen LogP contribution in [0, 0.1) is 0 Å². The summed E-state index contributed by atoms with van der Waals surface area (Å²) in [7, 11) is 0. The Morgan fingerprint density at radius 3 is 2.62 bits per heavy atom. The smallest absolute Gasteiger partial charge is 0.167 e. The summed E-state index contributed by atoms with van der Waals surface area (Å²) in [5, 5.41) is 8.31. The van der Waals surface area contributed by atoms with E-state index in [0.717, 1.165) is 53.9 Å². The summed E-state index contributed by atoms with van der Waals surface area (Å²) < 4.78 is 3.85. The molecule has 9 nitrogen and oxygen atoms in total. The number of pyridine rings is 3. The minimum Gasteiger partial charge on any atom is -0.383 e. The van der Waals surface area contributed by atoms with E-state index in [0.29, 0.717) is 23.7 Å². The van der Waals surface area contributed by atoms with E-state index in [1.807, 2.05) is 48.9 Å². The van der Waals surface area contributed by atoms with Crippen LogP contribution in [-0.4, -0.2) is 34.3 Å². The lowest BCUT2D eigenvalue weighted by Crippen LogP contribution is -2.23. The third-order valence-electron chi connectivity index (χ3n) is 8.20. The van der Waals surface area contributed by atoms with Gasteiger partial charge >= 0.3 is 0 Å². The average Bonchev–Trinajstić information content (AvgIpc) is 3.79. The SMILES string of the molecule is Nc1ncccc1-c1nc2ccc(-n3cccn3)nc2n1-c1ccc2c(c1)CC[C@@H]2NC1CCc2ccncc21. The van der Waals surface area contributed by atoms with Gasteiger partial charge < -0.3 is 11.1 Å². The van der Waals surface area contributed by atoms with Crippen LogP contribution in [0.25, 0.3) is 34.1 Å². The molecule has 0 radical (unpaired) electrons. The lowest BCUT2D eigenvalue weighted by atomic mass is 10.0. The van der Waals surface area contributed by atoms with Gasteiger partial charge in [-0.25, -0.2) is 19.6 Å². The van der Waals surface area contributed by atoms with Crippen molar-refractivity contribution in [1.82, 2.24) is 39.6 Å². The molecular weight excluding hydrogens is 498 g/mol. The van der Waals surface area contributed by atoms with E-state index in [4.69, 9.17) is 15.7 Å². The summed E-state index contributed by atoms with van der Waals surface area (Å²) in [5.74, 6) is 1.87. The van der Waals surface area contributed by atoms with Crippen molar-refractivity contribution in [2.45, 2.75) is 37.8 Å². The van der Waals surface area contributed by atoms with Crippen molar-refractivity contribution in [2.24, 2.45) is 0 Å². The molecule has 196 valence electrons. The molecule has 8 rings (SSSR count). The van der Waals surface area contributed by atoms with Crippen LogP contribution in [0.5, 0.6) is 0 Å². The Kier molecular flexibility index (Phi) is 5.24. The Labute approximate surface area is 230 Å². The van der Waals surface area contributed by atoms with Crippen molar-refractivity contribution in [1.29, 1.82) is 0 Å². The zero-order valence-corrected chi connectivity index (χ0v) is 21.8. The van der Waals surface area contributed by atoms with Gasteiger partial charge in [-0.2, -0.15) is 5.10 Å². The van der Waals surface area contributed by atoms with Gasteiger partial charge in [-0.15, -0.1) is 0 Å². The first-order chi connectivity index (χ1) is 19.7. The molecule has 5 heterocycles. The number of fused-ring (bicyclic) bond motifs is 3. The molecule has 0 spiro atoms. The maximum absolute atomic E-state index is 6.34. The predicted octanol–water partition coefficient (Wildman–Crippen LogP) is 4.91. The Morgan fingerprint density at radius 1 is 0.850 bits per heavy atom. The van der Waals surface area contributed by atoms with Crippen LogP contribution in [0.1, 0.15) is 47.2 Å². The zero-order valence-electron chi connectivity index (χ0n) is 21.8. The molecule has 40 heavy (non-hydrogen) atoms. The van der Waals surface area contributed by atoms with Gasteiger partial charge in [-0.1, -0.05) is 6.07 Å². The number of aromatic nitrogens is 7. The fourth-order valence-electron chi connectivity index (χ4n) is 6.28. The molecule has 0 aliphatic heterocycles. The second kappa shape index (κ2) is 9.10. The van der Waals surface area contributed by atoms with Crippen LogP contribution < -0.4 is 11.1 Å². The number of rotatable bonds is 5. The first-order valence-electron chi connectivity index (χ1n) is 13.7. The monoisotopic (exact) mass is 525 g/mol. The summed E-state index contributed by atoms with van der Waals surface area (Å²) in [4.78, 5) is 18.7. The highest BCUT2D eigenvalue weighted by molar-refractivity contribution is 5.83. The highest BCUT2D eigenvalue weighted by atomic mass is 15.3. The molecule has 2 aliphatic rings. The van der Waals surface area contributed by atoms with Crippen molar-refractivity contribution in [3.05, 3.63) is 108 Å². The molecule has 2 atom stereocenters. The van der Waals surface area contributed by atoms with Crippen LogP contribution >= 0.6 is 0 Å². The number of anilines is 1. The molecule has 2 aliphatic carbocycles. The largest absolute Gasteiger partial charge is 0.383 e. The predicted molar refractivity (Wildman–Crippen MR) is 153 cm³/mol. The first-order valence-corrected chi connectivity index (χ1v) is 13.7. The van der Waals surface area contributed by atoms with E-state index < -0.39 is 0 Å². The van der Waals surface area contributed by atoms with Crippen molar-refractivity contribution in [2.75, 3.05) is 5.73 Å². The number of aryl methyl sites for hydroxylation is 2. The highest BCUT2D eigenvalue weighted by Crippen LogP contribution is 2.39. The molecule has 0 saturated heterocycles. The summed E-state index contributed by atoms with van der Waals surface area (Å²) in [6, 6.07) is 19.2. The second-order valence-electron chi connectivity index (χ2n) is 10.5. The van der Waals surface area contributed by atoms with Crippen LogP contribution in [0.15, 0.2) is 85.6 Å². The fraction of sp³-hybridized carbons (Fsp3) is 0.194. The van der Waals surface area contributed by atoms with Crippen molar-refractivity contribution < 1.29 is 0 Å². The maximum atomic E-state index is 6.34. The zero-order chi connectivity index (χ0) is 26.6. The summed E-state index contributed by atoms with van der Waals surface area (Å²) in [6.45, 7) is 0. The average molecular weight is 526 g/mol. The molecule has 0 fully saturated rings. The fourth-order valence-corrected chi connectivity index (χ4v) is 6.28. The molecule has 3 N–H and O–H groups in total. The van der Waals surface area contributed by atoms with Crippen LogP contribution in [0.4, 0.5) is 5.82 Å². The van der Waals surface area contributed by atoms with Crippen LogP contribution in [0.3, 0.4) is 0 Å². The molecule has 1 aromatic carbocycles. The van der Waals surface area contributed by atoms with Crippen molar-refractivity contribution in [3.63, 3.8) is 0 Å². The number of nitrogens with zero attached hydrogens (tertiary/aromatic N) is 7. The third-order valence-corrected chi connectivity index (χ3v) is 8.20. The Hall–Kier alpha value is -4.89. The molecule has 1 unspecified atom stereocenters. The Bertz CT molecular complexity index is 1870. The summed E-state index contributed by atoms with van der Waals surface area (Å²) in [6.07, 6.45) is 13.6. The van der Waals surface area contributed by atoms with E-state index in [-0.39, 0.29) is 0 Å². The van der Waals surface area contributed by atoms with Gasteiger partial charge in [0.15, 0.2) is 17.3 Å². The van der Waals surface area contributed by atoms with Gasteiger partial charge in [0.1, 0.15) is 11.3 Å². The quantitative estimate of drug-likeness (QED) is 0.329. The number of hydrogen-bond donors (Lipinski definition) is 2. The van der Waals surface area contributed by atoms with E-state index in [1.54, 1.807) is 17.1 Å². The number of nitrogens with one attached hydrogen (secondary N) is 1. The van der Waals surface area contributed by atoms with Gasteiger partial charge in [-0.3, -0.25) is 9.55 Å². The maximum Gasteiger partial charge on any atom is 0.167 e. The number of nitrogens with two attached hydrogens (primary N) is 1. The molecule has 0 saturated carbocycles. The molecule has 9 heteroatoms. The van der Waals surface area contributed by atoms with Gasteiger partial charge in [-0.05, 0) is 96.5 Å². The van der Waals surface area contributed by atoms with Gasteiger partial charge in [0.05, 0.1) is 5.56 Å². The molecule has 0 bridgehead atoms. The minimum atomic E-state index is 0.317. The summed E-state index contributed by atoms with van der Waals surface area (Å²) in [5.41, 5.74) is 15.1. The third kappa shape index (κ3) is 3.70. The van der Waals surface area contributed by atoms with Gasteiger partial charge in [0.25, 0.3) is 0 Å². The van der Waals surface area contributed by atoms with E-state index in [9.17, 15) is 0 Å². The lowest BCUT2D eigenvalue weighted by Gasteiger charge is -2.21. The van der Waals surface area contributed by atoms with E-state index >= 15 is 0 Å². The number of imidazole rings is 1. The molecular formula is C31H27N9. The van der Waals surface area contributed by atoms with Crippen molar-refractivity contribution in [3.8, 4) is 22.9 Å². The molecule has 5 aromatic heterocycles. The summed E-state index contributed by atoms with van der Waals surface area (Å²) >= 11 is 0. The minimum absolute atomic E-state index is 0.317. The van der Waals surface area contributed by atoms with Crippen molar-refractivity contribution >= 4 is 17.0 Å². The van der Waals surface area contributed by atoms with Crippen LogP contribution in [-0.2, 0) is 12.8 Å². The van der Waals surface area contributed by atoms with Gasteiger partial charge in [0.2, 0.25) is 0 Å². The Balaban J connectivity index is 1.22. The lowest BCUT2D eigenvalue weighted by molar-refractivity contribution is 0.440. The normalized spacial score (nSPS) is 17.8. The Morgan fingerprint density at radius 2 is 1.75 bits per heavy atom.